The molecule has 1 aliphatic heterocycles. The Bertz CT molecular complexity index is 425. The average Bonchev–Trinajstić information content (AvgIpc) is 2.81. The molecule has 6 heteroatoms. The van der Waals surface area contributed by atoms with Gasteiger partial charge in [0.2, 0.25) is 0 Å². The molecule has 22 heavy (non-hydrogen) atoms. The van der Waals surface area contributed by atoms with Crippen molar-refractivity contribution >= 4 is 0 Å². The summed E-state index contributed by atoms with van der Waals surface area (Å²) in [6.07, 6.45) is -2.84. The average molecular weight is 316 g/mol. The van der Waals surface area contributed by atoms with Crippen LogP contribution in [0.3, 0.4) is 0 Å². The fourth-order valence-electron chi connectivity index (χ4n) is 4.68. The number of hydrogen-bond acceptors (Lipinski definition) is 6. The normalized spacial score (nSPS) is 53.9. The minimum absolute atomic E-state index is 0.0104. The monoisotopic (exact) mass is 316 g/mol. The SMILES string of the molecule is CC1(C)[C@H]2CC[C@]1(C)[C@H](O[C@@H]1O[C@H](CO)[C@@H](O)[C@H](O)[C@H]1O)C2. The number of hydrogen-bond donors (Lipinski definition) is 4. The molecule has 8 atom stereocenters. The molecule has 6 nitrogen and oxygen atoms in total. The van der Waals surface area contributed by atoms with Crippen molar-refractivity contribution in [3.05, 3.63) is 0 Å². The molecule has 2 saturated carbocycles. The topological polar surface area (TPSA) is 99.4 Å². The van der Waals surface area contributed by atoms with Crippen LogP contribution in [-0.2, 0) is 9.47 Å². The standard InChI is InChI=1S/C16H28O6/c1-15(2)8-4-5-16(15,3)10(6-8)22-14-13(20)12(19)11(18)9(7-17)21-14/h8-14,17-20H,4-7H2,1-3H3/t8-,9+,10+,11+,12-,13+,14-,16+/m0/s1. The van der Waals surface area contributed by atoms with Crippen molar-refractivity contribution in [3.63, 3.8) is 0 Å². The van der Waals surface area contributed by atoms with Gasteiger partial charge in [-0.3, -0.25) is 0 Å². The second-order valence-corrected chi connectivity index (χ2v) is 7.93. The Labute approximate surface area is 131 Å². The van der Waals surface area contributed by atoms with Crippen molar-refractivity contribution in [1.82, 2.24) is 0 Å². The van der Waals surface area contributed by atoms with E-state index < -0.39 is 37.3 Å². The van der Waals surface area contributed by atoms with Gasteiger partial charge in [-0.2, -0.15) is 0 Å². The molecule has 3 aliphatic rings. The van der Waals surface area contributed by atoms with Crippen LogP contribution >= 0.6 is 0 Å². The Kier molecular flexibility index (Phi) is 4.07. The summed E-state index contributed by atoms with van der Waals surface area (Å²) in [5, 5.41) is 39.1. The Morgan fingerprint density at radius 2 is 1.77 bits per heavy atom. The van der Waals surface area contributed by atoms with Crippen LogP contribution < -0.4 is 0 Å². The fraction of sp³-hybridized carbons (Fsp3) is 1.00. The van der Waals surface area contributed by atoms with E-state index >= 15 is 0 Å². The highest BCUT2D eigenvalue weighted by Gasteiger charge is 2.63. The molecule has 2 bridgehead atoms. The van der Waals surface area contributed by atoms with Crippen molar-refractivity contribution in [3.8, 4) is 0 Å². The summed E-state index contributed by atoms with van der Waals surface area (Å²) in [5.41, 5.74) is 0.183. The first kappa shape index (κ1) is 16.6. The lowest BCUT2D eigenvalue weighted by molar-refractivity contribution is -0.319. The summed E-state index contributed by atoms with van der Waals surface area (Å²) >= 11 is 0. The first-order valence-corrected chi connectivity index (χ1v) is 8.18. The van der Waals surface area contributed by atoms with Crippen LogP contribution in [0.5, 0.6) is 0 Å². The zero-order valence-electron chi connectivity index (χ0n) is 13.5. The maximum Gasteiger partial charge on any atom is 0.186 e. The number of ether oxygens (including phenoxy) is 2. The van der Waals surface area contributed by atoms with Gasteiger partial charge in [-0.25, -0.2) is 0 Å². The summed E-state index contributed by atoms with van der Waals surface area (Å²) in [4.78, 5) is 0. The molecule has 4 N–H and O–H groups in total. The van der Waals surface area contributed by atoms with Crippen LogP contribution in [0.15, 0.2) is 0 Å². The van der Waals surface area contributed by atoms with Crippen molar-refractivity contribution < 1.29 is 29.9 Å². The molecule has 0 aromatic heterocycles. The molecule has 0 amide bonds. The zero-order chi connectivity index (χ0) is 16.3. The zero-order valence-corrected chi connectivity index (χ0v) is 13.5. The van der Waals surface area contributed by atoms with Crippen LogP contribution in [0.2, 0.25) is 0 Å². The molecule has 2 aliphatic carbocycles. The first-order chi connectivity index (χ1) is 10.2. The van der Waals surface area contributed by atoms with Gasteiger partial charge in [0.25, 0.3) is 0 Å². The summed E-state index contributed by atoms with van der Waals surface area (Å²) in [6, 6.07) is 0. The van der Waals surface area contributed by atoms with Gasteiger partial charge in [0.15, 0.2) is 6.29 Å². The Hall–Kier alpha value is -0.240. The van der Waals surface area contributed by atoms with Gasteiger partial charge in [0.1, 0.15) is 24.4 Å². The Morgan fingerprint density at radius 1 is 1.09 bits per heavy atom. The van der Waals surface area contributed by atoms with E-state index in [1.165, 1.54) is 6.42 Å². The molecular weight excluding hydrogens is 288 g/mol. The van der Waals surface area contributed by atoms with E-state index in [0.717, 1.165) is 12.8 Å². The lowest BCUT2D eigenvalue weighted by atomic mass is 9.70. The highest BCUT2D eigenvalue weighted by Crippen LogP contribution is 2.66. The van der Waals surface area contributed by atoms with E-state index in [1.807, 2.05) is 0 Å². The van der Waals surface area contributed by atoms with E-state index in [1.54, 1.807) is 0 Å². The fourth-order valence-corrected chi connectivity index (χ4v) is 4.68. The Balaban J connectivity index is 1.74. The molecule has 0 radical (unpaired) electrons. The quantitative estimate of drug-likeness (QED) is 0.586. The number of aliphatic hydroxyl groups is 4. The van der Waals surface area contributed by atoms with Gasteiger partial charge in [-0.1, -0.05) is 20.8 Å². The second kappa shape index (κ2) is 5.40. The molecule has 0 aromatic rings. The molecule has 128 valence electrons. The number of fused-ring (bicyclic) bond motifs is 2. The predicted octanol–water partition coefficient (Wildman–Crippen LogP) is 0.0177. The Morgan fingerprint density at radius 3 is 2.27 bits per heavy atom. The largest absolute Gasteiger partial charge is 0.394 e. The van der Waals surface area contributed by atoms with Crippen LogP contribution in [-0.4, -0.2) is 63.8 Å². The maximum atomic E-state index is 10.1. The van der Waals surface area contributed by atoms with E-state index in [9.17, 15) is 20.4 Å². The van der Waals surface area contributed by atoms with Crippen LogP contribution in [0.25, 0.3) is 0 Å². The molecule has 3 fully saturated rings. The summed E-state index contributed by atoms with van der Waals surface area (Å²) < 4.78 is 11.5. The van der Waals surface area contributed by atoms with E-state index in [-0.39, 0.29) is 16.9 Å². The first-order valence-electron chi connectivity index (χ1n) is 8.18. The minimum Gasteiger partial charge on any atom is -0.394 e. The van der Waals surface area contributed by atoms with Gasteiger partial charge >= 0.3 is 0 Å². The highest BCUT2D eigenvalue weighted by molar-refractivity contribution is 5.11. The van der Waals surface area contributed by atoms with Crippen molar-refractivity contribution in [1.29, 1.82) is 0 Å². The second-order valence-electron chi connectivity index (χ2n) is 7.93. The predicted molar refractivity (Wildman–Crippen MR) is 77.9 cm³/mol. The van der Waals surface area contributed by atoms with Gasteiger partial charge in [0.05, 0.1) is 12.7 Å². The lowest BCUT2D eigenvalue weighted by Crippen LogP contribution is -2.60. The molecule has 1 heterocycles. The van der Waals surface area contributed by atoms with Crippen molar-refractivity contribution in [2.75, 3.05) is 6.61 Å². The van der Waals surface area contributed by atoms with Gasteiger partial charge < -0.3 is 29.9 Å². The summed E-state index contributed by atoms with van der Waals surface area (Å²) in [6.45, 7) is 6.32. The highest BCUT2D eigenvalue weighted by atomic mass is 16.7. The number of aliphatic hydroxyl groups excluding tert-OH is 4. The third kappa shape index (κ3) is 2.16. The summed E-state index contributed by atoms with van der Waals surface area (Å²) in [7, 11) is 0. The van der Waals surface area contributed by atoms with Crippen molar-refractivity contribution in [2.45, 2.75) is 76.8 Å². The third-order valence-electron chi connectivity index (χ3n) is 6.86. The molecule has 1 saturated heterocycles. The van der Waals surface area contributed by atoms with Crippen LogP contribution in [0.4, 0.5) is 0 Å². The van der Waals surface area contributed by atoms with E-state index in [4.69, 9.17) is 9.47 Å². The van der Waals surface area contributed by atoms with Crippen LogP contribution in [0.1, 0.15) is 40.0 Å². The molecular formula is C16H28O6. The molecule has 3 rings (SSSR count). The number of rotatable bonds is 3. The van der Waals surface area contributed by atoms with Gasteiger partial charge in [-0.15, -0.1) is 0 Å². The van der Waals surface area contributed by atoms with Gasteiger partial charge in [-0.05, 0) is 36.0 Å². The molecule has 0 spiro atoms. The van der Waals surface area contributed by atoms with Crippen LogP contribution in [0, 0.1) is 16.7 Å². The lowest BCUT2D eigenvalue weighted by Gasteiger charge is -2.44. The van der Waals surface area contributed by atoms with E-state index in [0.29, 0.717) is 5.92 Å². The molecule has 0 aromatic carbocycles. The smallest absolute Gasteiger partial charge is 0.186 e. The maximum absolute atomic E-state index is 10.1. The summed E-state index contributed by atoms with van der Waals surface area (Å²) in [5.74, 6) is 0.590. The minimum atomic E-state index is -1.38. The van der Waals surface area contributed by atoms with Gasteiger partial charge in [0, 0.05) is 0 Å². The van der Waals surface area contributed by atoms with Crippen molar-refractivity contribution in [2.24, 2.45) is 16.7 Å². The van der Waals surface area contributed by atoms with E-state index in [2.05, 4.69) is 20.8 Å². The third-order valence-corrected chi connectivity index (χ3v) is 6.86. The molecule has 0 unspecified atom stereocenters.